The molecule has 1 saturated carbocycles. The molecular weight excluding hydrogens is 270 g/mol. The van der Waals surface area contributed by atoms with E-state index in [0.29, 0.717) is 11.3 Å². The van der Waals surface area contributed by atoms with E-state index in [4.69, 9.17) is 0 Å². The maximum Gasteiger partial charge on any atom is 0.181 e. The van der Waals surface area contributed by atoms with E-state index in [2.05, 4.69) is 39.1 Å². The lowest BCUT2D eigenvalue weighted by atomic mass is 9.87. The van der Waals surface area contributed by atoms with Crippen molar-refractivity contribution in [3.05, 3.63) is 12.7 Å². The van der Waals surface area contributed by atoms with Crippen LogP contribution in [0.5, 0.6) is 0 Å². The van der Waals surface area contributed by atoms with Gasteiger partial charge in [-0.1, -0.05) is 25.6 Å². The number of nitrogens with zero attached hydrogens (tertiary/aromatic N) is 3. The third-order valence-electron chi connectivity index (χ3n) is 3.97. The summed E-state index contributed by atoms with van der Waals surface area (Å²) in [5.74, 6) is 0.793. The van der Waals surface area contributed by atoms with Gasteiger partial charge in [0.1, 0.15) is 16.9 Å². The molecule has 0 aliphatic heterocycles. The minimum absolute atomic E-state index is 0.570. The molecule has 2 heterocycles. The highest BCUT2D eigenvalue weighted by Gasteiger charge is 2.29. The second kappa shape index (κ2) is 6.10. The smallest absolute Gasteiger partial charge is 0.181 e. The molecule has 2 aromatic rings. The molecule has 0 spiro atoms. The van der Waals surface area contributed by atoms with E-state index in [9.17, 15) is 0 Å². The molecule has 3 atom stereocenters. The minimum atomic E-state index is 0.570. The first-order valence-corrected chi connectivity index (χ1v) is 8.20. The Balaban J connectivity index is 1.82. The van der Waals surface area contributed by atoms with E-state index >= 15 is 0 Å². The molecule has 0 saturated heterocycles. The van der Waals surface area contributed by atoms with Crippen LogP contribution in [0.3, 0.4) is 0 Å². The Kier molecular flexibility index (Phi) is 4.21. The number of fused-ring (bicyclic) bond motifs is 1. The van der Waals surface area contributed by atoms with Crippen LogP contribution in [0.15, 0.2) is 17.7 Å². The van der Waals surface area contributed by atoms with Gasteiger partial charge in [0.05, 0.1) is 6.33 Å². The first kappa shape index (κ1) is 13.8. The molecule has 5 nitrogen and oxygen atoms in total. The first-order valence-electron chi connectivity index (χ1n) is 7.32. The van der Waals surface area contributed by atoms with Crippen molar-refractivity contribution in [3.63, 3.8) is 0 Å². The predicted molar refractivity (Wildman–Crippen MR) is 81.8 cm³/mol. The molecule has 0 amide bonds. The average Bonchev–Trinajstić information content (AvgIpc) is 2.91. The molecule has 108 valence electrons. The second-order valence-electron chi connectivity index (χ2n) is 5.52. The van der Waals surface area contributed by atoms with E-state index in [1.165, 1.54) is 19.3 Å². The van der Waals surface area contributed by atoms with Crippen molar-refractivity contribution in [2.24, 2.45) is 5.92 Å². The number of nitrogens with one attached hydrogen (secondary N) is 2. The molecule has 1 fully saturated rings. The number of hydrogen-bond donors (Lipinski definition) is 2. The summed E-state index contributed by atoms with van der Waals surface area (Å²) in [5, 5.41) is 5.22. The molecule has 2 aromatic heterocycles. The zero-order valence-electron chi connectivity index (χ0n) is 12.0. The average molecular weight is 291 g/mol. The van der Waals surface area contributed by atoms with E-state index in [1.807, 2.05) is 11.8 Å². The molecule has 0 radical (unpaired) electrons. The quantitative estimate of drug-likeness (QED) is 0.848. The molecule has 2 N–H and O–H groups in total. The molecule has 0 aromatic carbocycles. The van der Waals surface area contributed by atoms with Crippen LogP contribution in [-0.4, -0.2) is 37.8 Å². The summed E-state index contributed by atoms with van der Waals surface area (Å²) in [5.41, 5.74) is 1.72. The van der Waals surface area contributed by atoms with Crippen LogP contribution in [-0.2, 0) is 0 Å². The zero-order chi connectivity index (χ0) is 13.9. The SMILES string of the molecule is CCNC1CCC(C)CC1Sc1ncnc2nc[nH]c12. The maximum absolute atomic E-state index is 4.45. The number of hydrogen-bond acceptors (Lipinski definition) is 5. The Bertz CT molecular complexity index is 569. The molecule has 1 aliphatic rings. The van der Waals surface area contributed by atoms with Crippen molar-refractivity contribution < 1.29 is 0 Å². The molecule has 6 heteroatoms. The van der Waals surface area contributed by atoms with Crippen LogP contribution >= 0.6 is 11.8 Å². The highest BCUT2D eigenvalue weighted by molar-refractivity contribution is 8.00. The third-order valence-corrected chi connectivity index (χ3v) is 5.33. The van der Waals surface area contributed by atoms with Gasteiger partial charge < -0.3 is 10.3 Å². The van der Waals surface area contributed by atoms with Crippen molar-refractivity contribution in [2.75, 3.05) is 6.54 Å². The van der Waals surface area contributed by atoms with Gasteiger partial charge in [0.25, 0.3) is 0 Å². The van der Waals surface area contributed by atoms with Gasteiger partial charge in [-0.15, -0.1) is 0 Å². The summed E-state index contributed by atoms with van der Waals surface area (Å²) in [7, 11) is 0. The Morgan fingerprint density at radius 2 is 2.25 bits per heavy atom. The van der Waals surface area contributed by atoms with Crippen molar-refractivity contribution >= 4 is 22.9 Å². The number of H-pyrrole nitrogens is 1. The van der Waals surface area contributed by atoms with Gasteiger partial charge >= 0.3 is 0 Å². The lowest BCUT2D eigenvalue weighted by Gasteiger charge is -2.34. The normalized spacial score (nSPS) is 27.0. The molecule has 0 bridgehead atoms. The second-order valence-corrected chi connectivity index (χ2v) is 6.75. The number of rotatable bonds is 4. The van der Waals surface area contributed by atoms with Crippen LogP contribution in [0, 0.1) is 5.92 Å². The van der Waals surface area contributed by atoms with Gasteiger partial charge in [-0.2, -0.15) is 0 Å². The summed E-state index contributed by atoms with van der Waals surface area (Å²) >= 11 is 1.87. The fourth-order valence-electron chi connectivity index (χ4n) is 2.93. The van der Waals surface area contributed by atoms with Gasteiger partial charge in [-0.3, -0.25) is 0 Å². The van der Waals surface area contributed by atoms with Gasteiger partial charge in [0.15, 0.2) is 5.65 Å². The summed E-state index contributed by atoms with van der Waals surface area (Å²) in [6.07, 6.45) is 7.11. The minimum Gasteiger partial charge on any atom is -0.341 e. The number of thioether (sulfide) groups is 1. The van der Waals surface area contributed by atoms with Crippen molar-refractivity contribution in [1.29, 1.82) is 0 Å². The molecule has 20 heavy (non-hydrogen) atoms. The van der Waals surface area contributed by atoms with Crippen LogP contribution in [0.2, 0.25) is 0 Å². The fourth-order valence-corrected chi connectivity index (χ4v) is 4.41. The van der Waals surface area contributed by atoms with Crippen LogP contribution in [0.4, 0.5) is 0 Å². The maximum atomic E-state index is 4.45. The summed E-state index contributed by atoms with van der Waals surface area (Å²) in [6.45, 7) is 5.55. The highest BCUT2D eigenvalue weighted by Crippen LogP contribution is 2.37. The standard InChI is InChI=1S/C14H21N5S/c1-3-15-10-5-4-9(2)6-11(10)20-14-12-13(17-7-16-12)18-8-19-14/h7-11,15H,3-6H2,1-2H3,(H,16,17,18,19). The van der Waals surface area contributed by atoms with E-state index < -0.39 is 0 Å². The topological polar surface area (TPSA) is 66.5 Å². The zero-order valence-corrected chi connectivity index (χ0v) is 12.8. The Morgan fingerprint density at radius 3 is 3.10 bits per heavy atom. The Hall–Kier alpha value is -1.14. The Labute approximate surface area is 123 Å². The van der Waals surface area contributed by atoms with Gasteiger partial charge in [0.2, 0.25) is 0 Å². The van der Waals surface area contributed by atoms with Gasteiger partial charge in [-0.05, 0) is 31.7 Å². The third kappa shape index (κ3) is 2.81. The molecule has 1 aliphatic carbocycles. The predicted octanol–water partition coefficient (Wildman–Crippen LogP) is 2.61. The number of aromatic amines is 1. The summed E-state index contributed by atoms with van der Waals surface area (Å²) < 4.78 is 0. The van der Waals surface area contributed by atoms with Crippen molar-refractivity contribution in [3.8, 4) is 0 Å². The van der Waals surface area contributed by atoms with Crippen LogP contribution in [0.1, 0.15) is 33.1 Å². The van der Waals surface area contributed by atoms with E-state index in [0.717, 1.165) is 28.7 Å². The van der Waals surface area contributed by atoms with Gasteiger partial charge in [-0.25, -0.2) is 15.0 Å². The van der Waals surface area contributed by atoms with E-state index in [-0.39, 0.29) is 0 Å². The molecule has 3 unspecified atom stereocenters. The van der Waals surface area contributed by atoms with Crippen LogP contribution in [0.25, 0.3) is 11.2 Å². The monoisotopic (exact) mass is 291 g/mol. The lowest BCUT2D eigenvalue weighted by molar-refractivity contribution is 0.320. The Morgan fingerprint density at radius 1 is 1.35 bits per heavy atom. The first-order chi connectivity index (χ1) is 9.78. The number of imidazole rings is 1. The van der Waals surface area contributed by atoms with Crippen molar-refractivity contribution in [1.82, 2.24) is 25.3 Å². The number of aromatic nitrogens is 4. The largest absolute Gasteiger partial charge is 0.341 e. The fraction of sp³-hybridized carbons (Fsp3) is 0.643. The van der Waals surface area contributed by atoms with Crippen LogP contribution < -0.4 is 5.32 Å². The molecule has 3 rings (SSSR count). The summed E-state index contributed by atoms with van der Waals surface area (Å²) in [4.78, 5) is 16.0. The summed E-state index contributed by atoms with van der Waals surface area (Å²) in [6, 6.07) is 0.578. The van der Waals surface area contributed by atoms with E-state index in [1.54, 1.807) is 12.7 Å². The van der Waals surface area contributed by atoms with Crippen molar-refractivity contribution in [2.45, 2.75) is 49.4 Å². The lowest BCUT2D eigenvalue weighted by Crippen LogP contribution is -2.42. The highest BCUT2D eigenvalue weighted by atomic mass is 32.2. The van der Waals surface area contributed by atoms with Gasteiger partial charge in [0, 0.05) is 11.3 Å². The molecular formula is C14H21N5S.